The molecule has 0 saturated carbocycles. The first-order valence-corrected chi connectivity index (χ1v) is 7.81. The van der Waals surface area contributed by atoms with Gasteiger partial charge in [-0.2, -0.15) is 0 Å². The number of hydrogen-bond acceptors (Lipinski definition) is 3. The number of nitrogens with one attached hydrogen (secondary N) is 2. The van der Waals surface area contributed by atoms with Crippen molar-refractivity contribution in [3.05, 3.63) is 0 Å². The fourth-order valence-corrected chi connectivity index (χ4v) is 2.94. The van der Waals surface area contributed by atoms with Crippen molar-refractivity contribution in [1.82, 2.24) is 10.0 Å². The highest BCUT2D eigenvalue weighted by molar-refractivity contribution is 7.89. The Hall–Kier alpha value is -0.130. The second-order valence-corrected chi connectivity index (χ2v) is 6.16. The van der Waals surface area contributed by atoms with Crippen LogP contribution in [-0.4, -0.2) is 33.8 Å². The van der Waals surface area contributed by atoms with Gasteiger partial charge in [0.2, 0.25) is 10.0 Å². The highest BCUT2D eigenvalue weighted by atomic mass is 32.2. The quantitative estimate of drug-likeness (QED) is 0.577. The first kappa shape index (κ1) is 15.9. The molecule has 0 aromatic heterocycles. The Kier molecular flexibility index (Phi) is 8.89. The van der Waals surface area contributed by atoms with Crippen LogP contribution in [-0.2, 0) is 10.0 Å². The van der Waals surface area contributed by atoms with Gasteiger partial charge in [-0.15, -0.1) is 0 Å². The molecule has 0 aliphatic rings. The van der Waals surface area contributed by atoms with Crippen molar-refractivity contribution in [3.63, 3.8) is 0 Å². The molecule has 0 aromatic carbocycles. The molecule has 0 rings (SSSR count). The summed E-state index contributed by atoms with van der Waals surface area (Å²) in [5.74, 6) is 0.214. The Morgan fingerprint density at radius 2 is 1.88 bits per heavy atom. The van der Waals surface area contributed by atoms with Gasteiger partial charge in [0.25, 0.3) is 0 Å². The SMILES string of the molecule is CCCCCC(C)NS(=O)(=O)CCCNC. The third-order valence-corrected chi connectivity index (χ3v) is 4.05. The first-order chi connectivity index (χ1) is 7.52. The Morgan fingerprint density at radius 3 is 2.44 bits per heavy atom. The van der Waals surface area contributed by atoms with Crippen LogP contribution in [0.4, 0.5) is 0 Å². The minimum absolute atomic E-state index is 0.0612. The van der Waals surface area contributed by atoms with E-state index < -0.39 is 10.0 Å². The van der Waals surface area contributed by atoms with Gasteiger partial charge in [0.15, 0.2) is 0 Å². The van der Waals surface area contributed by atoms with Gasteiger partial charge in [-0.3, -0.25) is 0 Å². The third kappa shape index (κ3) is 9.12. The molecule has 16 heavy (non-hydrogen) atoms. The van der Waals surface area contributed by atoms with Crippen LogP contribution >= 0.6 is 0 Å². The van der Waals surface area contributed by atoms with Crippen LogP contribution in [0.5, 0.6) is 0 Å². The van der Waals surface area contributed by atoms with E-state index in [2.05, 4.69) is 17.0 Å². The summed E-state index contributed by atoms with van der Waals surface area (Å²) < 4.78 is 25.9. The van der Waals surface area contributed by atoms with Crippen LogP contribution in [0.2, 0.25) is 0 Å². The largest absolute Gasteiger partial charge is 0.320 e. The number of hydrogen-bond donors (Lipinski definition) is 2. The molecule has 4 nitrogen and oxygen atoms in total. The maximum absolute atomic E-state index is 11.6. The molecule has 0 aromatic rings. The van der Waals surface area contributed by atoms with Crippen molar-refractivity contribution in [1.29, 1.82) is 0 Å². The highest BCUT2D eigenvalue weighted by Crippen LogP contribution is 2.04. The fraction of sp³-hybridized carbons (Fsp3) is 1.00. The first-order valence-electron chi connectivity index (χ1n) is 6.16. The van der Waals surface area contributed by atoms with Crippen molar-refractivity contribution in [3.8, 4) is 0 Å². The minimum Gasteiger partial charge on any atom is -0.320 e. The second-order valence-electron chi connectivity index (χ2n) is 4.29. The number of rotatable bonds is 10. The van der Waals surface area contributed by atoms with Crippen molar-refractivity contribution < 1.29 is 8.42 Å². The van der Waals surface area contributed by atoms with E-state index in [0.29, 0.717) is 6.42 Å². The predicted molar refractivity (Wildman–Crippen MR) is 69.1 cm³/mol. The van der Waals surface area contributed by atoms with Gasteiger partial charge in [-0.25, -0.2) is 13.1 Å². The van der Waals surface area contributed by atoms with E-state index in [4.69, 9.17) is 0 Å². The summed E-state index contributed by atoms with van der Waals surface area (Å²) in [6.45, 7) is 4.82. The molecule has 0 bridgehead atoms. The zero-order valence-electron chi connectivity index (χ0n) is 10.8. The van der Waals surface area contributed by atoms with Gasteiger partial charge >= 0.3 is 0 Å². The molecule has 1 unspecified atom stereocenters. The molecule has 0 aliphatic heterocycles. The Bertz CT molecular complexity index is 253. The van der Waals surface area contributed by atoms with E-state index in [-0.39, 0.29) is 11.8 Å². The van der Waals surface area contributed by atoms with E-state index in [1.54, 1.807) is 0 Å². The lowest BCUT2D eigenvalue weighted by molar-refractivity contribution is 0.525. The molecule has 0 amide bonds. The lowest BCUT2D eigenvalue weighted by atomic mass is 10.1. The van der Waals surface area contributed by atoms with E-state index in [1.165, 1.54) is 12.8 Å². The number of unbranched alkanes of at least 4 members (excludes halogenated alkanes) is 2. The Labute approximate surface area is 100 Å². The lowest BCUT2D eigenvalue weighted by Gasteiger charge is -2.13. The molecule has 0 saturated heterocycles. The molecule has 0 radical (unpaired) electrons. The van der Waals surface area contributed by atoms with Gasteiger partial charge in [0, 0.05) is 6.04 Å². The maximum atomic E-state index is 11.6. The van der Waals surface area contributed by atoms with Crippen molar-refractivity contribution in [2.24, 2.45) is 0 Å². The lowest BCUT2D eigenvalue weighted by Crippen LogP contribution is -2.35. The predicted octanol–water partition coefficient (Wildman–Crippen LogP) is 1.48. The molecule has 0 aliphatic carbocycles. The average Bonchev–Trinajstić information content (AvgIpc) is 2.17. The molecule has 5 heteroatoms. The summed E-state index contributed by atoms with van der Waals surface area (Å²) >= 11 is 0. The van der Waals surface area contributed by atoms with Crippen molar-refractivity contribution in [2.75, 3.05) is 19.3 Å². The normalized spacial score (nSPS) is 13.9. The van der Waals surface area contributed by atoms with Crippen LogP contribution in [0.15, 0.2) is 0 Å². The molecule has 0 heterocycles. The van der Waals surface area contributed by atoms with Crippen LogP contribution in [0, 0.1) is 0 Å². The summed E-state index contributed by atoms with van der Waals surface area (Å²) in [7, 11) is -1.25. The second kappa shape index (κ2) is 8.96. The summed E-state index contributed by atoms with van der Waals surface area (Å²) in [6, 6.07) is 0.0612. The van der Waals surface area contributed by atoms with E-state index in [0.717, 1.165) is 19.4 Å². The van der Waals surface area contributed by atoms with Crippen LogP contribution < -0.4 is 10.0 Å². The molecule has 98 valence electrons. The van der Waals surface area contributed by atoms with Gasteiger partial charge in [0.05, 0.1) is 5.75 Å². The van der Waals surface area contributed by atoms with Crippen molar-refractivity contribution in [2.45, 2.75) is 52.0 Å². The summed E-state index contributed by atoms with van der Waals surface area (Å²) in [6.07, 6.45) is 5.02. The summed E-state index contributed by atoms with van der Waals surface area (Å²) in [5, 5.41) is 2.94. The highest BCUT2D eigenvalue weighted by Gasteiger charge is 2.13. The Morgan fingerprint density at radius 1 is 1.19 bits per heavy atom. The van der Waals surface area contributed by atoms with Gasteiger partial charge in [-0.1, -0.05) is 26.2 Å². The third-order valence-electron chi connectivity index (χ3n) is 2.46. The van der Waals surface area contributed by atoms with Crippen LogP contribution in [0.25, 0.3) is 0 Å². The molecule has 0 spiro atoms. The average molecular weight is 250 g/mol. The standard InChI is InChI=1S/C11H26N2O2S/c1-4-5-6-8-11(2)13-16(14,15)10-7-9-12-3/h11-13H,4-10H2,1-3H3. The summed E-state index contributed by atoms with van der Waals surface area (Å²) in [4.78, 5) is 0. The molecular weight excluding hydrogens is 224 g/mol. The van der Waals surface area contributed by atoms with E-state index in [1.807, 2.05) is 14.0 Å². The van der Waals surface area contributed by atoms with Gasteiger partial charge in [-0.05, 0) is 33.4 Å². The summed E-state index contributed by atoms with van der Waals surface area (Å²) in [5.41, 5.74) is 0. The Balaban J connectivity index is 3.77. The minimum atomic E-state index is -3.08. The molecule has 0 fully saturated rings. The zero-order chi connectivity index (χ0) is 12.4. The molecule has 2 N–H and O–H groups in total. The molecular formula is C11H26N2O2S. The van der Waals surface area contributed by atoms with Gasteiger partial charge < -0.3 is 5.32 Å². The zero-order valence-corrected chi connectivity index (χ0v) is 11.6. The van der Waals surface area contributed by atoms with Crippen LogP contribution in [0.1, 0.15) is 46.0 Å². The van der Waals surface area contributed by atoms with Gasteiger partial charge in [0.1, 0.15) is 0 Å². The van der Waals surface area contributed by atoms with E-state index >= 15 is 0 Å². The fourth-order valence-electron chi connectivity index (χ4n) is 1.56. The topological polar surface area (TPSA) is 58.2 Å². The van der Waals surface area contributed by atoms with Crippen LogP contribution in [0.3, 0.4) is 0 Å². The maximum Gasteiger partial charge on any atom is 0.211 e. The molecule has 1 atom stereocenters. The smallest absolute Gasteiger partial charge is 0.211 e. The number of sulfonamides is 1. The van der Waals surface area contributed by atoms with E-state index in [9.17, 15) is 8.42 Å². The monoisotopic (exact) mass is 250 g/mol. The van der Waals surface area contributed by atoms with Crippen molar-refractivity contribution >= 4 is 10.0 Å².